The van der Waals surface area contributed by atoms with Crippen LogP contribution in [0.2, 0.25) is 0 Å². The fourth-order valence-electron chi connectivity index (χ4n) is 3.36. The first kappa shape index (κ1) is 15.9. The second-order valence-corrected chi connectivity index (χ2v) is 6.26. The van der Waals surface area contributed by atoms with Crippen LogP contribution < -0.4 is 4.90 Å². The van der Waals surface area contributed by atoms with Crippen molar-refractivity contribution in [2.75, 3.05) is 18.0 Å². The van der Waals surface area contributed by atoms with Gasteiger partial charge in [-0.1, -0.05) is 0 Å². The van der Waals surface area contributed by atoms with Crippen LogP contribution >= 0.6 is 0 Å². The minimum absolute atomic E-state index is 0.0102. The van der Waals surface area contributed by atoms with Gasteiger partial charge in [0.05, 0.1) is 12.0 Å². The highest BCUT2D eigenvalue weighted by molar-refractivity contribution is 6.00. The molecule has 2 amide bonds. The van der Waals surface area contributed by atoms with Gasteiger partial charge < -0.3 is 14.9 Å². The fourth-order valence-corrected chi connectivity index (χ4v) is 3.36. The summed E-state index contributed by atoms with van der Waals surface area (Å²) in [6.45, 7) is 2.21. The summed E-state index contributed by atoms with van der Waals surface area (Å²) in [5.74, 6) is -2.61. The van der Waals surface area contributed by atoms with E-state index in [1.165, 1.54) is 4.90 Å². The molecule has 2 saturated heterocycles. The van der Waals surface area contributed by atoms with Crippen molar-refractivity contribution in [3.63, 3.8) is 0 Å². The molecule has 1 aromatic rings. The number of benzene rings is 1. The Labute approximate surface area is 132 Å². The Balaban J connectivity index is 1.76. The predicted octanol–water partition coefficient (Wildman–Crippen LogP) is 1.30. The molecule has 2 aliphatic heterocycles. The van der Waals surface area contributed by atoms with Gasteiger partial charge in [-0.25, -0.2) is 8.78 Å². The number of rotatable bonds is 2. The molecule has 2 fully saturated rings. The molecule has 124 valence electrons. The molecule has 0 spiro atoms. The van der Waals surface area contributed by atoms with Gasteiger partial charge >= 0.3 is 0 Å². The van der Waals surface area contributed by atoms with Gasteiger partial charge in [0.25, 0.3) is 0 Å². The Hall–Kier alpha value is -2.02. The van der Waals surface area contributed by atoms with E-state index in [0.717, 1.165) is 18.2 Å². The van der Waals surface area contributed by atoms with E-state index in [-0.39, 0.29) is 43.1 Å². The number of likely N-dealkylation sites (tertiary alicyclic amines) is 1. The Morgan fingerprint density at radius 2 is 1.87 bits per heavy atom. The van der Waals surface area contributed by atoms with Crippen LogP contribution in [0, 0.1) is 17.6 Å². The zero-order chi connectivity index (χ0) is 16.7. The number of amides is 2. The molecule has 23 heavy (non-hydrogen) atoms. The van der Waals surface area contributed by atoms with E-state index >= 15 is 0 Å². The van der Waals surface area contributed by atoms with E-state index in [2.05, 4.69) is 0 Å². The lowest BCUT2D eigenvalue weighted by atomic mass is 10.1. The van der Waals surface area contributed by atoms with Crippen LogP contribution in [0.25, 0.3) is 0 Å². The van der Waals surface area contributed by atoms with E-state index in [1.54, 1.807) is 4.90 Å². The van der Waals surface area contributed by atoms with E-state index in [4.69, 9.17) is 0 Å². The van der Waals surface area contributed by atoms with Crippen molar-refractivity contribution in [1.82, 2.24) is 4.90 Å². The SMILES string of the molecule is C[C@@H]1C[C@H](O)CN1C(=O)[C@H]1CC(=O)N(c2cc(F)cc(F)c2)C1. The molecule has 2 aliphatic rings. The smallest absolute Gasteiger partial charge is 0.228 e. The molecule has 0 aromatic heterocycles. The topological polar surface area (TPSA) is 60.9 Å². The van der Waals surface area contributed by atoms with Crippen molar-refractivity contribution in [3.8, 4) is 0 Å². The van der Waals surface area contributed by atoms with Gasteiger partial charge in [-0.3, -0.25) is 9.59 Å². The molecule has 0 bridgehead atoms. The third-order valence-corrected chi connectivity index (χ3v) is 4.47. The number of aliphatic hydroxyl groups excluding tert-OH is 1. The summed E-state index contributed by atoms with van der Waals surface area (Å²) >= 11 is 0. The van der Waals surface area contributed by atoms with Crippen LogP contribution in [0.15, 0.2) is 18.2 Å². The molecular formula is C16H18F2N2O3. The number of nitrogens with zero attached hydrogens (tertiary/aromatic N) is 2. The van der Waals surface area contributed by atoms with Crippen molar-refractivity contribution < 1.29 is 23.5 Å². The molecule has 1 aromatic carbocycles. The lowest BCUT2D eigenvalue weighted by Crippen LogP contribution is -2.40. The largest absolute Gasteiger partial charge is 0.391 e. The molecule has 1 N–H and O–H groups in total. The number of hydrogen-bond acceptors (Lipinski definition) is 3. The molecule has 0 radical (unpaired) electrons. The summed E-state index contributed by atoms with van der Waals surface area (Å²) in [4.78, 5) is 27.5. The lowest BCUT2D eigenvalue weighted by Gasteiger charge is -2.24. The maximum atomic E-state index is 13.3. The number of aliphatic hydroxyl groups is 1. The molecule has 5 nitrogen and oxygen atoms in total. The Kier molecular flexibility index (Phi) is 4.06. The van der Waals surface area contributed by atoms with Crippen LogP contribution in [0.4, 0.5) is 14.5 Å². The highest BCUT2D eigenvalue weighted by atomic mass is 19.1. The Morgan fingerprint density at radius 1 is 1.22 bits per heavy atom. The lowest BCUT2D eigenvalue weighted by molar-refractivity contribution is -0.136. The first-order valence-corrected chi connectivity index (χ1v) is 7.60. The molecule has 0 saturated carbocycles. The number of anilines is 1. The highest BCUT2D eigenvalue weighted by Crippen LogP contribution is 2.29. The maximum Gasteiger partial charge on any atom is 0.228 e. The Bertz CT molecular complexity index is 632. The average Bonchev–Trinajstić information content (AvgIpc) is 2.99. The third-order valence-electron chi connectivity index (χ3n) is 4.47. The number of carbonyl (C=O) groups excluding carboxylic acids is 2. The summed E-state index contributed by atoms with van der Waals surface area (Å²) < 4.78 is 26.6. The van der Waals surface area contributed by atoms with Gasteiger partial charge in [0, 0.05) is 37.3 Å². The minimum Gasteiger partial charge on any atom is -0.391 e. The maximum absolute atomic E-state index is 13.3. The summed E-state index contributed by atoms with van der Waals surface area (Å²) in [6.07, 6.45) is -0.0129. The van der Waals surface area contributed by atoms with E-state index in [0.29, 0.717) is 6.42 Å². The zero-order valence-electron chi connectivity index (χ0n) is 12.7. The van der Waals surface area contributed by atoms with Gasteiger partial charge in [-0.05, 0) is 25.5 Å². The second-order valence-electron chi connectivity index (χ2n) is 6.26. The highest BCUT2D eigenvalue weighted by Gasteiger charge is 2.41. The van der Waals surface area contributed by atoms with E-state index < -0.39 is 23.7 Å². The van der Waals surface area contributed by atoms with Crippen molar-refractivity contribution >= 4 is 17.5 Å². The standard InChI is InChI=1S/C16H18F2N2O3/c1-9-2-14(21)8-19(9)16(23)10-3-15(22)20(7-10)13-5-11(17)4-12(18)6-13/h4-6,9-10,14,21H,2-3,7-8H2,1H3/t9-,10+,14+/m1/s1. The molecule has 0 unspecified atom stereocenters. The van der Waals surface area contributed by atoms with Crippen LogP contribution in [0.5, 0.6) is 0 Å². The van der Waals surface area contributed by atoms with E-state index in [1.807, 2.05) is 6.92 Å². The number of carbonyl (C=O) groups is 2. The monoisotopic (exact) mass is 324 g/mol. The number of hydrogen-bond donors (Lipinski definition) is 1. The van der Waals surface area contributed by atoms with Crippen LogP contribution in [-0.2, 0) is 9.59 Å². The van der Waals surface area contributed by atoms with Crippen molar-refractivity contribution in [3.05, 3.63) is 29.8 Å². The second kappa shape index (κ2) is 5.88. The summed E-state index contributed by atoms with van der Waals surface area (Å²) in [6, 6.07) is 2.82. The predicted molar refractivity (Wildman–Crippen MR) is 78.6 cm³/mol. The van der Waals surface area contributed by atoms with Crippen LogP contribution in [-0.4, -0.2) is 47.1 Å². The van der Waals surface area contributed by atoms with Gasteiger partial charge in [-0.15, -0.1) is 0 Å². The molecule has 0 aliphatic carbocycles. The zero-order valence-corrected chi connectivity index (χ0v) is 12.7. The average molecular weight is 324 g/mol. The van der Waals surface area contributed by atoms with Gasteiger partial charge in [-0.2, -0.15) is 0 Å². The van der Waals surface area contributed by atoms with Gasteiger partial charge in [0.2, 0.25) is 11.8 Å². The molecule has 2 heterocycles. The number of halogens is 2. The minimum atomic E-state index is -0.765. The summed E-state index contributed by atoms with van der Waals surface area (Å²) in [5.41, 5.74) is 0.123. The van der Waals surface area contributed by atoms with Crippen molar-refractivity contribution in [1.29, 1.82) is 0 Å². The first-order valence-electron chi connectivity index (χ1n) is 7.60. The molecular weight excluding hydrogens is 306 g/mol. The third kappa shape index (κ3) is 3.06. The normalized spacial score (nSPS) is 27.8. The Morgan fingerprint density at radius 3 is 2.43 bits per heavy atom. The summed E-state index contributed by atoms with van der Waals surface area (Å²) in [7, 11) is 0. The molecule has 7 heteroatoms. The van der Waals surface area contributed by atoms with Crippen LogP contribution in [0.3, 0.4) is 0 Å². The van der Waals surface area contributed by atoms with Gasteiger partial charge in [0.1, 0.15) is 11.6 Å². The quantitative estimate of drug-likeness (QED) is 0.892. The number of β-amino-alcohol motifs (C(OH)–C–C–N with tert-alkyl or cyclic N) is 1. The molecule has 3 atom stereocenters. The van der Waals surface area contributed by atoms with Gasteiger partial charge in [0.15, 0.2) is 0 Å². The van der Waals surface area contributed by atoms with Crippen molar-refractivity contribution in [2.45, 2.75) is 31.9 Å². The summed E-state index contributed by atoms with van der Waals surface area (Å²) in [5, 5.41) is 9.65. The van der Waals surface area contributed by atoms with Crippen LogP contribution in [0.1, 0.15) is 19.8 Å². The molecule has 3 rings (SSSR count). The fraction of sp³-hybridized carbons (Fsp3) is 0.500. The first-order chi connectivity index (χ1) is 10.8. The van der Waals surface area contributed by atoms with E-state index in [9.17, 15) is 23.5 Å². The van der Waals surface area contributed by atoms with Crippen molar-refractivity contribution in [2.24, 2.45) is 5.92 Å².